The minimum atomic E-state index is -0.536. The Bertz CT molecular complexity index is 735. The maximum absolute atomic E-state index is 11.9. The molecule has 128 valence electrons. The van der Waals surface area contributed by atoms with Crippen molar-refractivity contribution in [3.8, 4) is 0 Å². The van der Waals surface area contributed by atoms with E-state index in [1.54, 1.807) is 0 Å². The number of carbonyl (C=O) groups excluding carboxylic acids is 1. The van der Waals surface area contributed by atoms with Crippen molar-refractivity contribution in [2.75, 3.05) is 13.2 Å². The molecule has 1 heterocycles. The molecule has 4 heteroatoms. The highest BCUT2D eigenvalue weighted by molar-refractivity contribution is 5.92. The Hall–Kier alpha value is -1.65. The molecule has 0 saturated heterocycles. The van der Waals surface area contributed by atoms with Crippen LogP contribution in [0.3, 0.4) is 0 Å². The molecule has 2 N–H and O–H groups in total. The molecule has 0 fully saturated rings. The predicted molar refractivity (Wildman–Crippen MR) is 89.6 cm³/mol. The van der Waals surface area contributed by atoms with E-state index in [1.807, 2.05) is 6.92 Å². The summed E-state index contributed by atoms with van der Waals surface area (Å²) in [6.07, 6.45) is 1.76. The zero-order valence-corrected chi connectivity index (χ0v) is 14.2. The van der Waals surface area contributed by atoms with Gasteiger partial charge in [-0.05, 0) is 52.9 Å². The maximum Gasteiger partial charge on any atom is 0.334 e. The molecule has 0 bridgehead atoms. The number of rotatable bonds is 2. The summed E-state index contributed by atoms with van der Waals surface area (Å²) in [5, 5.41) is 20.2. The molecule has 1 aromatic rings. The van der Waals surface area contributed by atoms with E-state index in [2.05, 4.69) is 25.1 Å². The summed E-state index contributed by atoms with van der Waals surface area (Å²) in [5.41, 5.74) is 5.12. The third-order valence-corrected chi connectivity index (χ3v) is 6.43. The summed E-state index contributed by atoms with van der Waals surface area (Å²) < 4.78 is 5.26. The number of fused-ring (bicyclic) bond motifs is 4. The van der Waals surface area contributed by atoms with Crippen molar-refractivity contribution in [2.24, 2.45) is 5.92 Å². The molecule has 0 radical (unpaired) electrons. The molecule has 0 amide bonds. The molecule has 4 rings (SSSR count). The Balaban J connectivity index is 1.81. The van der Waals surface area contributed by atoms with Crippen LogP contribution in [0.25, 0.3) is 0 Å². The van der Waals surface area contributed by atoms with Crippen molar-refractivity contribution in [3.63, 3.8) is 0 Å². The van der Waals surface area contributed by atoms with Crippen molar-refractivity contribution in [1.29, 1.82) is 0 Å². The Kier molecular flexibility index (Phi) is 3.59. The van der Waals surface area contributed by atoms with Crippen LogP contribution in [0, 0.1) is 5.92 Å². The maximum atomic E-state index is 11.9. The highest BCUT2D eigenvalue weighted by Crippen LogP contribution is 2.55. The first-order chi connectivity index (χ1) is 11.5. The summed E-state index contributed by atoms with van der Waals surface area (Å²) >= 11 is 0. The van der Waals surface area contributed by atoms with Crippen LogP contribution in [-0.4, -0.2) is 29.4 Å². The van der Waals surface area contributed by atoms with Gasteiger partial charge in [-0.1, -0.05) is 32.0 Å². The number of ether oxygens (including phenoxy) is 1. The number of esters is 1. The number of hydrogen-bond acceptors (Lipinski definition) is 4. The molecular formula is C20H24O4. The van der Waals surface area contributed by atoms with Crippen molar-refractivity contribution in [2.45, 2.75) is 50.5 Å². The van der Waals surface area contributed by atoms with Gasteiger partial charge in [0, 0.05) is 18.1 Å². The van der Waals surface area contributed by atoms with E-state index in [0.29, 0.717) is 13.0 Å². The third kappa shape index (κ3) is 2.09. The minimum Gasteiger partial charge on any atom is -0.458 e. The summed E-state index contributed by atoms with van der Waals surface area (Å²) in [4.78, 5) is 11.9. The molecule has 24 heavy (non-hydrogen) atoms. The average Bonchev–Trinajstić information content (AvgIpc) is 2.96. The molecule has 0 spiro atoms. The molecular weight excluding hydrogens is 304 g/mol. The van der Waals surface area contributed by atoms with Gasteiger partial charge in [0.25, 0.3) is 0 Å². The van der Waals surface area contributed by atoms with E-state index in [9.17, 15) is 15.0 Å². The van der Waals surface area contributed by atoms with E-state index in [0.717, 1.165) is 35.1 Å². The second-order valence-electron chi connectivity index (χ2n) is 7.73. The standard InChI is InChI=1S/C20H24O4/c1-11(9-21)12-3-4-16-14(7-12)18(22)8-17-15-10-24-19(23)13(15)5-6-20(16,17)2/h3-4,7,11,17-18,21-22H,5-6,8-10H2,1-2H3/t11?,17-,18-,20+/m0/s1. The lowest BCUT2D eigenvalue weighted by Crippen LogP contribution is -2.42. The number of benzene rings is 1. The van der Waals surface area contributed by atoms with Gasteiger partial charge in [0.1, 0.15) is 6.61 Å². The van der Waals surface area contributed by atoms with Crippen LogP contribution in [0.15, 0.2) is 29.3 Å². The Morgan fingerprint density at radius 3 is 2.96 bits per heavy atom. The van der Waals surface area contributed by atoms with Crippen molar-refractivity contribution >= 4 is 5.97 Å². The normalized spacial score (nSPS) is 32.8. The fourth-order valence-corrected chi connectivity index (χ4v) is 4.83. The van der Waals surface area contributed by atoms with Crippen LogP contribution in [0.1, 0.15) is 61.8 Å². The summed E-state index contributed by atoms with van der Waals surface area (Å²) in [6, 6.07) is 6.25. The number of cyclic esters (lactones) is 1. The fourth-order valence-electron chi connectivity index (χ4n) is 4.83. The molecule has 0 saturated carbocycles. The van der Waals surface area contributed by atoms with Gasteiger partial charge in [0.05, 0.1) is 6.10 Å². The van der Waals surface area contributed by atoms with Gasteiger partial charge in [0.15, 0.2) is 0 Å². The average molecular weight is 328 g/mol. The van der Waals surface area contributed by atoms with Gasteiger partial charge in [-0.25, -0.2) is 4.79 Å². The Morgan fingerprint density at radius 1 is 1.42 bits per heavy atom. The van der Waals surface area contributed by atoms with E-state index in [4.69, 9.17) is 4.74 Å². The van der Waals surface area contributed by atoms with Gasteiger partial charge < -0.3 is 14.9 Å². The first kappa shape index (κ1) is 15.9. The number of aliphatic hydroxyl groups excluding tert-OH is 2. The number of aliphatic hydroxyl groups is 2. The van der Waals surface area contributed by atoms with Crippen LogP contribution in [0.2, 0.25) is 0 Å². The zero-order valence-electron chi connectivity index (χ0n) is 14.2. The minimum absolute atomic E-state index is 0.0644. The number of hydrogen-bond donors (Lipinski definition) is 2. The first-order valence-corrected chi connectivity index (χ1v) is 8.78. The fraction of sp³-hybridized carbons (Fsp3) is 0.550. The van der Waals surface area contributed by atoms with E-state index < -0.39 is 6.10 Å². The third-order valence-electron chi connectivity index (χ3n) is 6.43. The first-order valence-electron chi connectivity index (χ1n) is 8.78. The van der Waals surface area contributed by atoms with Crippen LogP contribution in [0.5, 0.6) is 0 Å². The zero-order chi connectivity index (χ0) is 17.1. The summed E-state index contributed by atoms with van der Waals surface area (Å²) in [7, 11) is 0. The lowest BCUT2D eigenvalue weighted by molar-refractivity contribution is -0.136. The smallest absolute Gasteiger partial charge is 0.334 e. The molecule has 1 aromatic carbocycles. The number of carbonyl (C=O) groups is 1. The second kappa shape index (κ2) is 5.43. The highest BCUT2D eigenvalue weighted by Gasteiger charge is 2.50. The van der Waals surface area contributed by atoms with Gasteiger partial charge >= 0.3 is 5.97 Å². The predicted octanol–water partition coefficient (Wildman–Crippen LogP) is 2.74. The van der Waals surface area contributed by atoms with Crippen LogP contribution < -0.4 is 0 Å². The van der Waals surface area contributed by atoms with Gasteiger partial charge in [-0.2, -0.15) is 0 Å². The van der Waals surface area contributed by atoms with Crippen LogP contribution >= 0.6 is 0 Å². The lowest BCUT2D eigenvalue weighted by atomic mass is 9.56. The van der Waals surface area contributed by atoms with Gasteiger partial charge in [-0.15, -0.1) is 0 Å². The monoisotopic (exact) mass is 328 g/mol. The molecule has 0 aromatic heterocycles. The summed E-state index contributed by atoms with van der Waals surface area (Å²) in [5.74, 6) is 0.0605. The largest absolute Gasteiger partial charge is 0.458 e. The molecule has 4 atom stereocenters. The second-order valence-corrected chi connectivity index (χ2v) is 7.73. The van der Waals surface area contributed by atoms with Crippen LogP contribution in [-0.2, 0) is 14.9 Å². The van der Waals surface area contributed by atoms with Crippen LogP contribution in [0.4, 0.5) is 0 Å². The van der Waals surface area contributed by atoms with E-state index in [-0.39, 0.29) is 29.8 Å². The lowest BCUT2D eigenvalue weighted by Gasteiger charge is -2.48. The topological polar surface area (TPSA) is 66.8 Å². The Labute approximate surface area is 142 Å². The van der Waals surface area contributed by atoms with Crippen molar-refractivity contribution in [3.05, 3.63) is 46.0 Å². The highest BCUT2D eigenvalue weighted by atomic mass is 16.5. The molecule has 1 unspecified atom stereocenters. The molecule has 4 nitrogen and oxygen atoms in total. The Morgan fingerprint density at radius 2 is 2.21 bits per heavy atom. The van der Waals surface area contributed by atoms with Crippen molar-refractivity contribution in [1.82, 2.24) is 0 Å². The quantitative estimate of drug-likeness (QED) is 0.819. The van der Waals surface area contributed by atoms with Crippen molar-refractivity contribution < 1.29 is 19.7 Å². The van der Waals surface area contributed by atoms with Gasteiger partial charge in [-0.3, -0.25) is 0 Å². The van der Waals surface area contributed by atoms with E-state index in [1.165, 1.54) is 5.56 Å². The molecule has 2 aliphatic carbocycles. The SMILES string of the molecule is CC(CO)c1ccc2c(c1)[C@@H](O)C[C@H]1C3=C(CC[C@]21C)C(=O)OC3. The molecule has 3 aliphatic rings. The summed E-state index contributed by atoms with van der Waals surface area (Å²) in [6.45, 7) is 4.73. The molecule has 1 aliphatic heterocycles. The van der Waals surface area contributed by atoms with Gasteiger partial charge in [0.2, 0.25) is 0 Å². The van der Waals surface area contributed by atoms with E-state index >= 15 is 0 Å².